The van der Waals surface area contributed by atoms with Crippen molar-refractivity contribution in [3.8, 4) is 0 Å². The lowest BCUT2D eigenvalue weighted by molar-refractivity contribution is -0.144. The third-order valence-corrected chi connectivity index (χ3v) is 2.41. The fourth-order valence-corrected chi connectivity index (χ4v) is 1.36. The van der Waals surface area contributed by atoms with Crippen LogP contribution in [-0.2, 0) is 19.1 Å². The van der Waals surface area contributed by atoms with E-state index in [1.807, 2.05) is 6.92 Å². The lowest BCUT2D eigenvalue weighted by Crippen LogP contribution is -2.38. The maximum Gasteiger partial charge on any atom is 0.306 e. The summed E-state index contributed by atoms with van der Waals surface area (Å²) in [5, 5.41) is 2.50. The van der Waals surface area contributed by atoms with Crippen LogP contribution in [0.5, 0.6) is 0 Å². The van der Waals surface area contributed by atoms with Crippen molar-refractivity contribution in [2.45, 2.75) is 26.7 Å². The van der Waals surface area contributed by atoms with Crippen LogP contribution in [-0.4, -0.2) is 55.8 Å². The van der Waals surface area contributed by atoms with Crippen LogP contribution in [0.15, 0.2) is 0 Å². The Labute approximate surface area is 108 Å². The van der Waals surface area contributed by atoms with Crippen LogP contribution in [0.3, 0.4) is 0 Å². The predicted molar refractivity (Wildman–Crippen MR) is 67.1 cm³/mol. The fourth-order valence-electron chi connectivity index (χ4n) is 1.36. The molecule has 0 heterocycles. The Hall–Kier alpha value is -1.43. The number of nitrogens with one attached hydrogen (secondary N) is 1. The molecule has 0 bridgehead atoms. The summed E-state index contributed by atoms with van der Waals surface area (Å²) in [5.74, 6) is -0.552. The number of hydrogen-bond donors (Lipinski definition) is 1. The summed E-state index contributed by atoms with van der Waals surface area (Å²) in [5.41, 5.74) is 0. The average Bonchev–Trinajstić information content (AvgIpc) is 2.35. The van der Waals surface area contributed by atoms with Gasteiger partial charge in [-0.25, -0.2) is 0 Å². The monoisotopic (exact) mass is 258 g/mol. The molecule has 0 aliphatic heterocycles. The number of carbonyl (C=O) groups excluding carboxylic acids is 3. The highest BCUT2D eigenvalue weighted by atomic mass is 16.5. The van der Waals surface area contributed by atoms with E-state index in [1.54, 1.807) is 18.9 Å². The molecule has 0 saturated carbocycles. The second-order valence-electron chi connectivity index (χ2n) is 3.82. The summed E-state index contributed by atoms with van der Waals surface area (Å²) in [6.07, 6.45) is 0.257. The quantitative estimate of drug-likeness (QED) is 0.588. The number of Topliss-reactive ketones (excluding diaryl/α,β-unsaturated/α-hetero) is 1. The molecule has 104 valence electrons. The first kappa shape index (κ1) is 16.6. The maximum absolute atomic E-state index is 11.6. The van der Waals surface area contributed by atoms with E-state index in [4.69, 9.17) is 4.74 Å². The number of rotatable bonds is 9. The molecule has 6 nitrogen and oxygen atoms in total. The average molecular weight is 258 g/mol. The Balaban J connectivity index is 3.96. The van der Waals surface area contributed by atoms with Gasteiger partial charge in [-0.15, -0.1) is 0 Å². The Morgan fingerprint density at radius 2 is 1.78 bits per heavy atom. The third kappa shape index (κ3) is 7.78. The van der Waals surface area contributed by atoms with E-state index < -0.39 is 0 Å². The van der Waals surface area contributed by atoms with E-state index in [1.165, 1.54) is 0 Å². The van der Waals surface area contributed by atoms with Gasteiger partial charge in [-0.05, 0) is 13.5 Å². The molecule has 0 fully saturated rings. The highest BCUT2D eigenvalue weighted by Gasteiger charge is 2.13. The number of amides is 1. The van der Waals surface area contributed by atoms with Gasteiger partial charge in [-0.2, -0.15) is 0 Å². The smallest absolute Gasteiger partial charge is 0.306 e. The minimum atomic E-state index is -0.361. The van der Waals surface area contributed by atoms with Crippen LogP contribution >= 0.6 is 0 Å². The molecule has 0 aromatic carbocycles. The van der Waals surface area contributed by atoms with E-state index in [9.17, 15) is 14.4 Å². The van der Waals surface area contributed by atoms with Crippen molar-refractivity contribution in [3.05, 3.63) is 0 Å². The van der Waals surface area contributed by atoms with Crippen molar-refractivity contribution in [2.75, 3.05) is 33.3 Å². The molecule has 18 heavy (non-hydrogen) atoms. The Bertz CT molecular complexity index is 292. The molecular weight excluding hydrogens is 236 g/mol. The summed E-state index contributed by atoms with van der Waals surface area (Å²) in [6, 6.07) is 0. The molecule has 0 aromatic rings. The van der Waals surface area contributed by atoms with Crippen molar-refractivity contribution in [1.29, 1.82) is 0 Å². The zero-order valence-electron chi connectivity index (χ0n) is 11.3. The van der Waals surface area contributed by atoms with Gasteiger partial charge in [-0.1, -0.05) is 6.92 Å². The lowest BCUT2D eigenvalue weighted by Gasteiger charge is -2.18. The molecule has 0 rings (SSSR count). The molecule has 1 N–H and O–H groups in total. The normalized spacial score (nSPS) is 10.2. The van der Waals surface area contributed by atoms with Crippen LogP contribution in [0.25, 0.3) is 0 Å². The minimum absolute atomic E-state index is 0.0613. The second kappa shape index (κ2) is 9.58. The first-order valence-electron chi connectivity index (χ1n) is 6.13. The van der Waals surface area contributed by atoms with Crippen LogP contribution in [0.2, 0.25) is 0 Å². The Morgan fingerprint density at radius 3 is 2.28 bits per heavy atom. The summed E-state index contributed by atoms with van der Waals surface area (Å²) < 4.78 is 4.74. The Kier molecular flexibility index (Phi) is 8.82. The summed E-state index contributed by atoms with van der Waals surface area (Å²) in [4.78, 5) is 35.6. The van der Waals surface area contributed by atoms with Gasteiger partial charge in [0, 0.05) is 13.5 Å². The highest BCUT2D eigenvalue weighted by Crippen LogP contribution is 1.97. The van der Waals surface area contributed by atoms with Crippen molar-refractivity contribution in [2.24, 2.45) is 0 Å². The van der Waals surface area contributed by atoms with E-state index in [0.717, 1.165) is 0 Å². The molecule has 0 aliphatic carbocycles. The molecule has 6 heteroatoms. The number of ketones is 1. The molecular formula is C12H22N2O4. The van der Waals surface area contributed by atoms with E-state index in [-0.39, 0.29) is 43.6 Å². The predicted octanol–water partition coefficient (Wildman–Crippen LogP) is -0.0333. The zero-order chi connectivity index (χ0) is 14.0. The molecule has 0 spiro atoms. The van der Waals surface area contributed by atoms with Gasteiger partial charge >= 0.3 is 5.97 Å². The van der Waals surface area contributed by atoms with E-state index in [0.29, 0.717) is 13.2 Å². The van der Waals surface area contributed by atoms with Gasteiger partial charge in [-0.3, -0.25) is 19.3 Å². The molecule has 0 aliphatic rings. The summed E-state index contributed by atoms with van der Waals surface area (Å²) in [7, 11) is 1.55. The van der Waals surface area contributed by atoms with Crippen molar-refractivity contribution in [3.63, 3.8) is 0 Å². The Morgan fingerprint density at radius 1 is 1.11 bits per heavy atom. The topological polar surface area (TPSA) is 75.7 Å². The van der Waals surface area contributed by atoms with E-state index >= 15 is 0 Å². The zero-order valence-corrected chi connectivity index (χ0v) is 11.3. The molecule has 0 radical (unpaired) electrons. The van der Waals surface area contributed by atoms with Gasteiger partial charge in [0.2, 0.25) is 5.91 Å². The van der Waals surface area contributed by atoms with Gasteiger partial charge < -0.3 is 10.1 Å². The lowest BCUT2D eigenvalue weighted by atomic mass is 10.2. The van der Waals surface area contributed by atoms with Crippen molar-refractivity contribution < 1.29 is 19.1 Å². The SMILES string of the molecule is CCOC(=O)CCC(=O)CN(CC)CC(=O)NC. The van der Waals surface area contributed by atoms with E-state index in [2.05, 4.69) is 5.32 Å². The largest absolute Gasteiger partial charge is 0.466 e. The summed E-state index contributed by atoms with van der Waals surface area (Å²) >= 11 is 0. The second-order valence-corrected chi connectivity index (χ2v) is 3.82. The van der Waals surface area contributed by atoms with Gasteiger partial charge in [0.25, 0.3) is 0 Å². The van der Waals surface area contributed by atoms with Crippen LogP contribution in [0.1, 0.15) is 26.7 Å². The number of nitrogens with zero attached hydrogens (tertiary/aromatic N) is 1. The van der Waals surface area contributed by atoms with Gasteiger partial charge in [0.05, 0.1) is 26.1 Å². The molecule has 0 aromatic heterocycles. The number of ether oxygens (including phenoxy) is 1. The highest BCUT2D eigenvalue weighted by molar-refractivity contribution is 5.85. The number of carbonyl (C=O) groups is 3. The first-order chi connectivity index (χ1) is 8.53. The standard InChI is InChI=1S/C12H22N2O4/c1-4-14(9-11(16)13-3)8-10(15)6-7-12(17)18-5-2/h4-9H2,1-3H3,(H,13,16). The summed E-state index contributed by atoms with van der Waals surface area (Å²) in [6.45, 7) is 4.91. The van der Waals surface area contributed by atoms with Crippen LogP contribution < -0.4 is 5.32 Å². The minimum Gasteiger partial charge on any atom is -0.466 e. The van der Waals surface area contributed by atoms with Crippen molar-refractivity contribution in [1.82, 2.24) is 10.2 Å². The number of hydrogen-bond acceptors (Lipinski definition) is 5. The molecule has 0 atom stereocenters. The van der Waals surface area contributed by atoms with Crippen molar-refractivity contribution >= 4 is 17.7 Å². The number of esters is 1. The molecule has 0 unspecified atom stereocenters. The van der Waals surface area contributed by atoms with Crippen LogP contribution in [0, 0.1) is 0 Å². The third-order valence-electron chi connectivity index (χ3n) is 2.41. The maximum atomic E-state index is 11.6. The van der Waals surface area contributed by atoms with Gasteiger partial charge in [0.15, 0.2) is 0 Å². The first-order valence-corrected chi connectivity index (χ1v) is 6.13. The molecule has 1 amide bonds. The number of likely N-dealkylation sites (N-methyl/N-ethyl adjacent to an activating group) is 2. The molecule has 0 saturated heterocycles. The van der Waals surface area contributed by atoms with Gasteiger partial charge in [0.1, 0.15) is 5.78 Å². The fraction of sp³-hybridized carbons (Fsp3) is 0.750. The van der Waals surface area contributed by atoms with Crippen LogP contribution in [0.4, 0.5) is 0 Å².